The van der Waals surface area contributed by atoms with Crippen LogP contribution in [-0.2, 0) is 19.2 Å². The Kier molecular flexibility index (Phi) is 4.78. The van der Waals surface area contributed by atoms with E-state index in [1.807, 2.05) is 32.0 Å². The third kappa shape index (κ3) is 3.32. The standard InChI is InChI=1S/C30H28N2O5/c1-15-6-7-16(2)24(10-15)31-14-17(11-25(31)33)30(36)37-19-5-3-4-18(12-19)32-28(34)26-20-8-9-21(23-13-22(20)23)27(26)29(32)35/h3-10,12,17,20-23,26-27H,11,13-14H2,1-2H3/t17-,20+,21+,22+,23+,26-,27-/m1/s1. The number of carbonyl (C=O) groups is 4. The minimum atomic E-state index is -0.595. The zero-order valence-electron chi connectivity index (χ0n) is 20.8. The van der Waals surface area contributed by atoms with Crippen LogP contribution in [0.15, 0.2) is 54.6 Å². The molecule has 0 unspecified atom stereocenters. The van der Waals surface area contributed by atoms with Gasteiger partial charge in [0.15, 0.2) is 0 Å². The number of hydrogen-bond acceptors (Lipinski definition) is 5. The van der Waals surface area contributed by atoms with Crippen molar-refractivity contribution >= 4 is 35.1 Å². The van der Waals surface area contributed by atoms with E-state index in [0.29, 0.717) is 17.5 Å². The first kappa shape index (κ1) is 22.5. The molecule has 6 aliphatic rings. The van der Waals surface area contributed by atoms with E-state index in [-0.39, 0.29) is 60.1 Å². The van der Waals surface area contributed by atoms with Crippen LogP contribution in [0.4, 0.5) is 11.4 Å². The zero-order chi connectivity index (χ0) is 25.6. The molecule has 7 nitrogen and oxygen atoms in total. The predicted molar refractivity (Wildman–Crippen MR) is 136 cm³/mol. The van der Waals surface area contributed by atoms with Crippen molar-refractivity contribution in [2.24, 2.45) is 41.4 Å². The van der Waals surface area contributed by atoms with Gasteiger partial charge in [0.1, 0.15) is 5.75 Å². The lowest BCUT2D eigenvalue weighted by Crippen LogP contribution is -2.40. The highest BCUT2D eigenvalue weighted by Gasteiger charge is 2.67. The zero-order valence-corrected chi connectivity index (χ0v) is 20.8. The molecule has 4 aliphatic carbocycles. The number of carbonyl (C=O) groups excluding carboxylic acids is 4. The van der Waals surface area contributed by atoms with Gasteiger partial charge in [-0.3, -0.25) is 19.2 Å². The number of benzene rings is 2. The van der Waals surface area contributed by atoms with Crippen LogP contribution in [-0.4, -0.2) is 30.2 Å². The fourth-order valence-corrected chi connectivity index (χ4v) is 7.21. The van der Waals surface area contributed by atoms with Gasteiger partial charge < -0.3 is 9.64 Å². The molecule has 0 aromatic heterocycles. The maximum absolute atomic E-state index is 13.4. The summed E-state index contributed by atoms with van der Waals surface area (Å²) < 4.78 is 5.67. The highest BCUT2D eigenvalue weighted by Crippen LogP contribution is 2.65. The van der Waals surface area contributed by atoms with E-state index >= 15 is 0 Å². The van der Waals surface area contributed by atoms with E-state index in [1.165, 1.54) is 4.90 Å². The van der Waals surface area contributed by atoms with Gasteiger partial charge in [-0.15, -0.1) is 0 Å². The van der Waals surface area contributed by atoms with Gasteiger partial charge in [0.05, 0.1) is 23.4 Å². The number of amides is 3. The van der Waals surface area contributed by atoms with Crippen molar-refractivity contribution in [3.8, 4) is 5.75 Å². The largest absolute Gasteiger partial charge is 0.426 e. The molecule has 2 bridgehead atoms. The average Bonchev–Trinajstić information content (AvgIpc) is 3.56. The Hall–Kier alpha value is -3.74. The smallest absolute Gasteiger partial charge is 0.316 e. The Balaban J connectivity index is 1.08. The summed E-state index contributed by atoms with van der Waals surface area (Å²) in [5, 5.41) is 0. The van der Waals surface area contributed by atoms with Crippen molar-refractivity contribution in [1.29, 1.82) is 0 Å². The highest BCUT2D eigenvalue weighted by atomic mass is 16.5. The average molecular weight is 497 g/mol. The number of allylic oxidation sites excluding steroid dienone is 2. The number of nitrogens with zero attached hydrogens (tertiary/aromatic N) is 2. The van der Waals surface area contributed by atoms with Crippen LogP contribution in [0.3, 0.4) is 0 Å². The number of rotatable bonds is 4. The molecule has 2 aromatic carbocycles. The highest BCUT2D eigenvalue weighted by molar-refractivity contribution is 6.22. The minimum Gasteiger partial charge on any atom is -0.426 e. The number of anilines is 2. The molecule has 2 aromatic rings. The summed E-state index contributed by atoms with van der Waals surface area (Å²) in [5.41, 5.74) is 3.27. The molecule has 4 fully saturated rings. The van der Waals surface area contributed by atoms with E-state index < -0.39 is 11.9 Å². The van der Waals surface area contributed by atoms with Gasteiger partial charge >= 0.3 is 5.97 Å². The van der Waals surface area contributed by atoms with Gasteiger partial charge in [0.25, 0.3) is 0 Å². The molecule has 2 saturated heterocycles. The Morgan fingerprint density at radius 3 is 2.32 bits per heavy atom. The maximum atomic E-state index is 13.4. The van der Waals surface area contributed by atoms with Crippen LogP contribution in [0, 0.1) is 55.3 Å². The molecule has 2 heterocycles. The monoisotopic (exact) mass is 496 g/mol. The summed E-state index contributed by atoms with van der Waals surface area (Å²) in [6, 6.07) is 12.5. The Labute approximate surface area is 215 Å². The number of hydrogen-bond donors (Lipinski definition) is 0. The fourth-order valence-electron chi connectivity index (χ4n) is 7.21. The summed E-state index contributed by atoms with van der Waals surface area (Å²) in [6.07, 6.45) is 5.50. The Morgan fingerprint density at radius 2 is 1.62 bits per heavy atom. The van der Waals surface area contributed by atoms with E-state index in [9.17, 15) is 19.2 Å². The van der Waals surface area contributed by atoms with Crippen molar-refractivity contribution in [1.82, 2.24) is 0 Å². The summed E-state index contributed by atoms with van der Waals surface area (Å²) in [5.74, 6) is -0.393. The molecule has 37 heavy (non-hydrogen) atoms. The second-order valence-corrected chi connectivity index (χ2v) is 11.3. The van der Waals surface area contributed by atoms with Gasteiger partial charge in [-0.25, -0.2) is 4.90 Å². The van der Waals surface area contributed by atoms with E-state index in [2.05, 4.69) is 12.2 Å². The maximum Gasteiger partial charge on any atom is 0.316 e. The summed E-state index contributed by atoms with van der Waals surface area (Å²) in [6.45, 7) is 4.17. The van der Waals surface area contributed by atoms with Crippen molar-refractivity contribution in [3.63, 3.8) is 0 Å². The van der Waals surface area contributed by atoms with Crippen molar-refractivity contribution < 1.29 is 23.9 Å². The SMILES string of the molecule is Cc1ccc(C)c(N2C[C@H](C(=O)Oc3cccc(N4C(=O)[C@@H]5[C@H]6C=C[C@@H]([C@@H]7C[C@@H]67)[C@H]5C4=O)c3)CC2=O)c1. The molecule has 0 spiro atoms. The molecule has 7 heteroatoms. The third-order valence-electron chi connectivity index (χ3n) is 9.07. The fraction of sp³-hybridized carbons (Fsp3) is 0.400. The van der Waals surface area contributed by atoms with Crippen molar-refractivity contribution in [3.05, 3.63) is 65.7 Å². The second-order valence-electron chi connectivity index (χ2n) is 11.3. The number of aryl methyl sites for hydroxylation is 2. The predicted octanol–water partition coefficient (Wildman–Crippen LogP) is 3.82. The number of imide groups is 1. The Bertz CT molecular complexity index is 1380. The third-order valence-corrected chi connectivity index (χ3v) is 9.07. The van der Waals surface area contributed by atoms with Crippen molar-refractivity contribution in [2.75, 3.05) is 16.3 Å². The first-order chi connectivity index (χ1) is 17.8. The van der Waals surface area contributed by atoms with Gasteiger partial charge in [-0.1, -0.05) is 30.4 Å². The van der Waals surface area contributed by atoms with Gasteiger partial charge in [0, 0.05) is 24.7 Å². The first-order valence-electron chi connectivity index (χ1n) is 13.1. The molecule has 2 saturated carbocycles. The van der Waals surface area contributed by atoms with Crippen LogP contribution < -0.4 is 14.5 Å². The van der Waals surface area contributed by atoms with E-state index in [4.69, 9.17) is 4.74 Å². The lowest BCUT2D eigenvalue weighted by Gasteiger charge is -2.37. The van der Waals surface area contributed by atoms with Crippen LogP contribution >= 0.6 is 0 Å². The summed E-state index contributed by atoms with van der Waals surface area (Å²) >= 11 is 0. The minimum absolute atomic E-state index is 0.0798. The Morgan fingerprint density at radius 1 is 0.919 bits per heavy atom. The van der Waals surface area contributed by atoms with Gasteiger partial charge in [-0.05, 0) is 73.3 Å². The van der Waals surface area contributed by atoms with Crippen LogP contribution in [0.5, 0.6) is 5.75 Å². The van der Waals surface area contributed by atoms with Crippen LogP contribution in [0.25, 0.3) is 0 Å². The molecular weight excluding hydrogens is 468 g/mol. The van der Waals surface area contributed by atoms with Gasteiger partial charge in [-0.2, -0.15) is 0 Å². The first-order valence-corrected chi connectivity index (χ1v) is 13.1. The molecular formula is C30H28N2O5. The quantitative estimate of drug-likeness (QED) is 0.278. The number of esters is 1. The normalized spacial score (nSPS) is 33.1. The van der Waals surface area contributed by atoms with Gasteiger partial charge in [0.2, 0.25) is 17.7 Å². The molecule has 8 rings (SSSR count). The van der Waals surface area contributed by atoms with E-state index in [0.717, 1.165) is 23.2 Å². The number of ether oxygens (including phenoxy) is 1. The lowest BCUT2D eigenvalue weighted by molar-refractivity contribution is -0.139. The second kappa shape index (κ2) is 7.88. The molecule has 0 N–H and O–H groups in total. The molecule has 7 atom stereocenters. The molecule has 3 amide bonds. The lowest BCUT2D eigenvalue weighted by atomic mass is 9.63. The van der Waals surface area contributed by atoms with E-state index in [1.54, 1.807) is 29.2 Å². The summed E-state index contributed by atoms with van der Waals surface area (Å²) in [4.78, 5) is 55.6. The topological polar surface area (TPSA) is 84.0 Å². The van der Waals surface area contributed by atoms with Crippen LogP contribution in [0.1, 0.15) is 24.0 Å². The van der Waals surface area contributed by atoms with Crippen molar-refractivity contribution in [2.45, 2.75) is 26.7 Å². The molecule has 0 radical (unpaired) electrons. The summed E-state index contributed by atoms with van der Waals surface area (Å²) in [7, 11) is 0. The molecule has 2 aliphatic heterocycles. The van der Waals surface area contributed by atoms with Crippen LogP contribution in [0.2, 0.25) is 0 Å². The molecule has 188 valence electrons.